The van der Waals surface area contributed by atoms with Crippen LogP contribution < -0.4 is 16.7 Å². The van der Waals surface area contributed by atoms with Gasteiger partial charge in [-0.05, 0) is 29.8 Å². The molecule has 6 nitrogen and oxygen atoms in total. The highest BCUT2D eigenvalue weighted by Gasteiger charge is 2.27. The van der Waals surface area contributed by atoms with Crippen molar-refractivity contribution in [2.24, 2.45) is 0 Å². The molecule has 1 fully saturated rings. The van der Waals surface area contributed by atoms with Gasteiger partial charge >= 0.3 is 5.69 Å². The molecule has 1 unspecified atom stereocenters. The summed E-state index contributed by atoms with van der Waals surface area (Å²) in [6, 6.07) is 12.7. The second-order valence-electron chi connectivity index (χ2n) is 6.04. The van der Waals surface area contributed by atoms with Crippen molar-refractivity contribution in [3.05, 3.63) is 63.5 Å². The van der Waals surface area contributed by atoms with Crippen molar-refractivity contribution in [2.45, 2.75) is 12.3 Å². The molecular formula is C18H15ClN4O2. The first kappa shape index (κ1) is 15.7. The molecule has 2 heterocycles. The second-order valence-corrected chi connectivity index (χ2v) is 6.48. The highest BCUT2D eigenvalue weighted by Crippen LogP contribution is 2.35. The SMILES string of the molecule is Nc1nc(=O)n(-c2ccccc2)c2cc(Cl)cc(C3CNC(=O)C3)c12. The molecule has 0 bridgehead atoms. The normalized spacial score (nSPS) is 17.0. The molecular weight excluding hydrogens is 340 g/mol. The van der Waals surface area contributed by atoms with Gasteiger partial charge in [0.1, 0.15) is 5.82 Å². The molecule has 0 saturated carbocycles. The molecule has 25 heavy (non-hydrogen) atoms. The lowest BCUT2D eigenvalue weighted by atomic mass is 9.94. The van der Waals surface area contributed by atoms with Crippen LogP contribution in [0.3, 0.4) is 0 Å². The van der Waals surface area contributed by atoms with Crippen LogP contribution in [0.25, 0.3) is 16.6 Å². The number of fused-ring (bicyclic) bond motifs is 1. The van der Waals surface area contributed by atoms with Crippen LogP contribution in [0.4, 0.5) is 5.82 Å². The molecule has 4 rings (SSSR count). The number of hydrogen-bond donors (Lipinski definition) is 2. The maximum atomic E-state index is 12.5. The van der Waals surface area contributed by atoms with E-state index in [-0.39, 0.29) is 17.6 Å². The summed E-state index contributed by atoms with van der Waals surface area (Å²) in [6.45, 7) is 0.512. The van der Waals surface area contributed by atoms with Crippen LogP contribution in [0.15, 0.2) is 47.3 Å². The number of nitrogens with one attached hydrogen (secondary N) is 1. The van der Waals surface area contributed by atoms with E-state index in [1.54, 1.807) is 12.1 Å². The van der Waals surface area contributed by atoms with E-state index in [1.807, 2.05) is 30.3 Å². The van der Waals surface area contributed by atoms with E-state index in [4.69, 9.17) is 17.3 Å². The quantitative estimate of drug-likeness (QED) is 0.738. The zero-order valence-corrected chi connectivity index (χ0v) is 14.0. The minimum absolute atomic E-state index is 0.0129. The van der Waals surface area contributed by atoms with Crippen LogP contribution in [0.2, 0.25) is 5.02 Å². The minimum Gasteiger partial charge on any atom is -0.383 e. The maximum Gasteiger partial charge on any atom is 0.354 e. The van der Waals surface area contributed by atoms with Gasteiger partial charge < -0.3 is 11.1 Å². The van der Waals surface area contributed by atoms with Crippen LogP contribution >= 0.6 is 11.6 Å². The number of halogens is 1. The molecule has 1 amide bonds. The molecule has 1 saturated heterocycles. The van der Waals surface area contributed by atoms with Crippen molar-refractivity contribution in [3.8, 4) is 5.69 Å². The van der Waals surface area contributed by atoms with Gasteiger partial charge in [0, 0.05) is 29.3 Å². The minimum atomic E-state index is -0.468. The number of aromatic nitrogens is 2. The maximum absolute atomic E-state index is 12.5. The van der Waals surface area contributed by atoms with E-state index in [0.717, 1.165) is 5.56 Å². The van der Waals surface area contributed by atoms with Gasteiger partial charge in [0.15, 0.2) is 0 Å². The molecule has 7 heteroatoms. The molecule has 0 spiro atoms. The number of benzene rings is 2. The Balaban J connectivity index is 2.07. The number of rotatable bonds is 2. The van der Waals surface area contributed by atoms with Gasteiger partial charge in [0.2, 0.25) is 5.91 Å². The highest BCUT2D eigenvalue weighted by molar-refractivity contribution is 6.31. The topological polar surface area (TPSA) is 90.0 Å². The van der Waals surface area contributed by atoms with Gasteiger partial charge in [-0.15, -0.1) is 0 Å². The Bertz CT molecular complexity index is 1050. The van der Waals surface area contributed by atoms with Crippen molar-refractivity contribution in [3.63, 3.8) is 0 Å². The van der Waals surface area contributed by atoms with Crippen molar-refractivity contribution < 1.29 is 4.79 Å². The van der Waals surface area contributed by atoms with E-state index in [0.29, 0.717) is 34.6 Å². The smallest absolute Gasteiger partial charge is 0.354 e. The molecule has 0 radical (unpaired) electrons. The third-order valence-corrected chi connectivity index (χ3v) is 4.67. The first-order valence-corrected chi connectivity index (χ1v) is 8.26. The fraction of sp³-hybridized carbons (Fsp3) is 0.167. The van der Waals surface area contributed by atoms with Gasteiger partial charge in [-0.25, -0.2) is 4.79 Å². The molecule has 3 aromatic rings. The second kappa shape index (κ2) is 5.89. The lowest BCUT2D eigenvalue weighted by molar-refractivity contribution is -0.119. The van der Waals surface area contributed by atoms with Gasteiger partial charge in [0.05, 0.1) is 11.2 Å². The number of para-hydroxylation sites is 1. The Morgan fingerprint density at radius 3 is 2.64 bits per heavy atom. The number of anilines is 1. The van der Waals surface area contributed by atoms with Crippen molar-refractivity contribution in [1.29, 1.82) is 0 Å². The lowest BCUT2D eigenvalue weighted by Crippen LogP contribution is -2.24. The van der Waals surface area contributed by atoms with E-state index in [1.165, 1.54) is 4.57 Å². The summed E-state index contributed by atoms with van der Waals surface area (Å²) in [5.74, 6) is 0.0822. The summed E-state index contributed by atoms with van der Waals surface area (Å²) in [6.07, 6.45) is 0.360. The Labute approximate surface area is 148 Å². The monoisotopic (exact) mass is 354 g/mol. The summed E-state index contributed by atoms with van der Waals surface area (Å²) in [5, 5.41) is 3.96. The van der Waals surface area contributed by atoms with Crippen LogP contribution in [-0.2, 0) is 4.79 Å². The summed E-state index contributed by atoms with van der Waals surface area (Å²) in [4.78, 5) is 28.1. The van der Waals surface area contributed by atoms with Crippen molar-refractivity contribution >= 4 is 34.2 Å². The number of carbonyl (C=O) groups excluding carboxylic acids is 1. The highest BCUT2D eigenvalue weighted by atomic mass is 35.5. The zero-order valence-electron chi connectivity index (χ0n) is 13.2. The summed E-state index contributed by atoms with van der Waals surface area (Å²) < 4.78 is 1.49. The Morgan fingerprint density at radius 1 is 1.20 bits per heavy atom. The standard InChI is InChI=1S/C18H15ClN4O2/c19-11-7-13(10-6-15(24)21-9-10)16-14(8-11)23(18(25)22-17(16)20)12-4-2-1-3-5-12/h1-5,7-8,10H,6,9H2,(H,21,24)(H2,20,22,25). The summed E-state index contributed by atoms with van der Waals surface area (Å²) >= 11 is 6.32. The van der Waals surface area contributed by atoms with Crippen molar-refractivity contribution in [2.75, 3.05) is 12.3 Å². The Hall–Kier alpha value is -2.86. The molecule has 126 valence electrons. The molecule has 1 aliphatic rings. The molecule has 3 N–H and O–H groups in total. The van der Waals surface area contributed by atoms with Crippen LogP contribution in [0, 0.1) is 0 Å². The average molecular weight is 355 g/mol. The molecule has 0 aliphatic carbocycles. The van der Waals surface area contributed by atoms with Gasteiger partial charge in [0.25, 0.3) is 0 Å². The first-order chi connectivity index (χ1) is 12.0. The van der Waals surface area contributed by atoms with E-state index in [2.05, 4.69) is 10.3 Å². The number of carbonyl (C=O) groups is 1. The predicted molar refractivity (Wildman–Crippen MR) is 97.1 cm³/mol. The molecule has 1 aromatic heterocycles. The third-order valence-electron chi connectivity index (χ3n) is 4.45. The average Bonchev–Trinajstić information content (AvgIpc) is 3.01. The van der Waals surface area contributed by atoms with Crippen LogP contribution in [0.1, 0.15) is 17.9 Å². The number of nitrogens with two attached hydrogens (primary N) is 1. The Kier molecular flexibility index (Phi) is 3.69. The fourth-order valence-corrected chi connectivity index (χ4v) is 3.58. The predicted octanol–water partition coefficient (Wildman–Crippen LogP) is 2.22. The van der Waals surface area contributed by atoms with Gasteiger partial charge in [-0.2, -0.15) is 4.98 Å². The van der Waals surface area contributed by atoms with Gasteiger partial charge in [-0.3, -0.25) is 9.36 Å². The molecule has 1 aliphatic heterocycles. The fourth-order valence-electron chi connectivity index (χ4n) is 3.35. The third kappa shape index (κ3) is 2.64. The summed E-state index contributed by atoms with van der Waals surface area (Å²) in [7, 11) is 0. The van der Waals surface area contributed by atoms with E-state index in [9.17, 15) is 9.59 Å². The number of nitrogens with zero attached hydrogens (tertiary/aromatic N) is 2. The van der Waals surface area contributed by atoms with Gasteiger partial charge in [-0.1, -0.05) is 29.8 Å². The van der Waals surface area contributed by atoms with Crippen LogP contribution in [0.5, 0.6) is 0 Å². The molecule has 2 aromatic carbocycles. The molecule has 1 atom stereocenters. The summed E-state index contributed by atoms with van der Waals surface area (Å²) in [5.41, 5.74) is 7.71. The lowest BCUT2D eigenvalue weighted by Gasteiger charge is -2.17. The Morgan fingerprint density at radius 2 is 1.96 bits per heavy atom. The first-order valence-electron chi connectivity index (χ1n) is 7.88. The van der Waals surface area contributed by atoms with Crippen LogP contribution in [-0.4, -0.2) is 22.0 Å². The zero-order chi connectivity index (χ0) is 17.6. The van der Waals surface area contributed by atoms with E-state index < -0.39 is 5.69 Å². The number of nitrogen functional groups attached to an aromatic ring is 1. The number of hydrogen-bond acceptors (Lipinski definition) is 4. The van der Waals surface area contributed by atoms with E-state index >= 15 is 0 Å². The largest absolute Gasteiger partial charge is 0.383 e. The number of amides is 1. The van der Waals surface area contributed by atoms with Crippen molar-refractivity contribution in [1.82, 2.24) is 14.9 Å².